The Bertz CT molecular complexity index is 281. The van der Waals surface area contributed by atoms with Crippen LogP contribution in [0.1, 0.15) is 12.8 Å². The Morgan fingerprint density at radius 3 is 3.08 bits per heavy atom. The topological polar surface area (TPSA) is 42.7 Å². The summed E-state index contributed by atoms with van der Waals surface area (Å²) in [6.45, 7) is 0.799. The van der Waals surface area contributed by atoms with E-state index in [4.69, 9.17) is 11.6 Å². The molecule has 1 saturated carbocycles. The SMILES string of the molecule is Cn1nncc1NCC(Cl)C1CC1. The quantitative estimate of drug-likeness (QED) is 0.744. The molecule has 0 amide bonds. The first-order valence-corrected chi connectivity index (χ1v) is 4.93. The van der Waals surface area contributed by atoms with Gasteiger partial charge < -0.3 is 5.32 Å². The Balaban J connectivity index is 1.81. The van der Waals surface area contributed by atoms with Crippen molar-refractivity contribution in [2.75, 3.05) is 11.9 Å². The molecule has 1 N–H and O–H groups in total. The van der Waals surface area contributed by atoms with Crippen molar-refractivity contribution in [3.05, 3.63) is 6.20 Å². The zero-order chi connectivity index (χ0) is 9.26. The zero-order valence-corrected chi connectivity index (χ0v) is 8.33. The van der Waals surface area contributed by atoms with E-state index in [0.29, 0.717) is 0 Å². The van der Waals surface area contributed by atoms with E-state index in [2.05, 4.69) is 15.6 Å². The van der Waals surface area contributed by atoms with Gasteiger partial charge in [-0.3, -0.25) is 0 Å². The lowest BCUT2D eigenvalue weighted by molar-refractivity contribution is 0.708. The maximum absolute atomic E-state index is 6.13. The van der Waals surface area contributed by atoms with Crippen LogP contribution in [-0.4, -0.2) is 26.9 Å². The minimum absolute atomic E-state index is 0.245. The maximum atomic E-state index is 6.13. The van der Waals surface area contributed by atoms with Crippen LogP contribution in [0.5, 0.6) is 0 Å². The third-order valence-corrected chi connectivity index (χ3v) is 2.84. The van der Waals surface area contributed by atoms with E-state index in [1.165, 1.54) is 12.8 Å². The van der Waals surface area contributed by atoms with Crippen LogP contribution in [0.15, 0.2) is 6.20 Å². The number of rotatable bonds is 4. The number of hydrogen-bond donors (Lipinski definition) is 1. The third-order valence-electron chi connectivity index (χ3n) is 2.33. The number of aromatic nitrogens is 3. The lowest BCUT2D eigenvalue weighted by Crippen LogP contribution is -2.17. The van der Waals surface area contributed by atoms with Crippen molar-refractivity contribution >= 4 is 17.4 Å². The van der Waals surface area contributed by atoms with E-state index in [9.17, 15) is 0 Å². The lowest BCUT2D eigenvalue weighted by Gasteiger charge is -2.09. The van der Waals surface area contributed by atoms with E-state index in [1.807, 2.05) is 7.05 Å². The highest BCUT2D eigenvalue weighted by molar-refractivity contribution is 6.21. The molecule has 13 heavy (non-hydrogen) atoms. The normalized spacial score (nSPS) is 18.6. The van der Waals surface area contributed by atoms with Gasteiger partial charge in [-0.15, -0.1) is 16.7 Å². The number of alkyl halides is 1. The van der Waals surface area contributed by atoms with Crippen LogP contribution in [0.4, 0.5) is 5.82 Å². The fourth-order valence-electron chi connectivity index (χ4n) is 1.28. The predicted octanol–water partition coefficient (Wildman–Crippen LogP) is 1.24. The molecule has 1 heterocycles. The molecule has 1 unspecified atom stereocenters. The molecule has 0 aromatic carbocycles. The molecule has 1 atom stereocenters. The molecule has 1 aliphatic rings. The molecule has 0 saturated heterocycles. The summed E-state index contributed by atoms with van der Waals surface area (Å²) in [6, 6.07) is 0. The van der Waals surface area contributed by atoms with E-state index in [0.717, 1.165) is 18.3 Å². The molecule has 2 rings (SSSR count). The first-order valence-electron chi connectivity index (χ1n) is 4.50. The Morgan fingerprint density at radius 2 is 2.54 bits per heavy atom. The highest BCUT2D eigenvalue weighted by Gasteiger charge is 2.29. The fourth-order valence-corrected chi connectivity index (χ4v) is 1.61. The van der Waals surface area contributed by atoms with Gasteiger partial charge in [0.2, 0.25) is 0 Å². The zero-order valence-electron chi connectivity index (χ0n) is 7.57. The molecule has 1 aromatic heterocycles. The van der Waals surface area contributed by atoms with Gasteiger partial charge in [-0.25, -0.2) is 4.68 Å². The second-order valence-corrected chi connectivity index (χ2v) is 4.04. The minimum atomic E-state index is 0.245. The van der Waals surface area contributed by atoms with Crippen LogP contribution in [0.25, 0.3) is 0 Å². The molecule has 72 valence electrons. The molecule has 0 bridgehead atoms. The molecule has 1 aliphatic carbocycles. The van der Waals surface area contributed by atoms with Gasteiger partial charge in [0.25, 0.3) is 0 Å². The first kappa shape index (κ1) is 8.81. The molecular formula is C8H13ClN4. The molecular weight excluding hydrogens is 188 g/mol. The van der Waals surface area contributed by atoms with Crippen LogP contribution in [-0.2, 0) is 7.05 Å². The van der Waals surface area contributed by atoms with Crippen molar-refractivity contribution in [2.24, 2.45) is 13.0 Å². The van der Waals surface area contributed by atoms with Crippen LogP contribution >= 0.6 is 11.6 Å². The van der Waals surface area contributed by atoms with E-state index >= 15 is 0 Å². The molecule has 1 fully saturated rings. The molecule has 0 aliphatic heterocycles. The second-order valence-electron chi connectivity index (χ2n) is 3.48. The number of hydrogen-bond acceptors (Lipinski definition) is 3. The van der Waals surface area contributed by atoms with E-state index < -0.39 is 0 Å². The van der Waals surface area contributed by atoms with E-state index in [1.54, 1.807) is 10.9 Å². The minimum Gasteiger partial charge on any atom is -0.367 e. The Kier molecular flexibility index (Phi) is 2.40. The van der Waals surface area contributed by atoms with Crippen molar-refractivity contribution < 1.29 is 0 Å². The van der Waals surface area contributed by atoms with Gasteiger partial charge in [0, 0.05) is 13.6 Å². The van der Waals surface area contributed by atoms with Crippen molar-refractivity contribution in [1.82, 2.24) is 15.0 Å². The Hall–Kier alpha value is -0.770. The van der Waals surface area contributed by atoms with Crippen LogP contribution in [0, 0.1) is 5.92 Å². The fraction of sp³-hybridized carbons (Fsp3) is 0.750. The summed E-state index contributed by atoms with van der Waals surface area (Å²) in [5, 5.41) is 11.0. The summed E-state index contributed by atoms with van der Waals surface area (Å²) in [7, 11) is 1.86. The molecule has 0 spiro atoms. The third kappa shape index (κ3) is 2.12. The van der Waals surface area contributed by atoms with Gasteiger partial charge >= 0.3 is 0 Å². The van der Waals surface area contributed by atoms with Crippen LogP contribution in [0.2, 0.25) is 0 Å². The van der Waals surface area contributed by atoms with Crippen molar-refractivity contribution in [2.45, 2.75) is 18.2 Å². The number of nitrogens with zero attached hydrogens (tertiary/aromatic N) is 3. The van der Waals surface area contributed by atoms with Crippen LogP contribution < -0.4 is 5.32 Å². The summed E-state index contributed by atoms with van der Waals surface area (Å²) < 4.78 is 1.70. The second kappa shape index (κ2) is 3.54. The average molecular weight is 201 g/mol. The van der Waals surface area contributed by atoms with Gasteiger partial charge in [-0.1, -0.05) is 5.21 Å². The van der Waals surface area contributed by atoms with Crippen LogP contribution in [0.3, 0.4) is 0 Å². The van der Waals surface area contributed by atoms with Crippen molar-refractivity contribution in [3.63, 3.8) is 0 Å². The first-order chi connectivity index (χ1) is 6.27. The van der Waals surface area contributed by atoms with E-state index in [-0.39, 0.29) is 5.38 Å². The largest absolute Gasteiger partial charge is 0.367 e. The van der Waals surface area contributed by atoms with Crippen molar-refractivity contribution in [1.29, 1.82) is 0 Å². The summed E-state index contributed by atoms with van der Waals surface area (Å²) >= 11 is 6.13. The van der Waals surface area contributed by atoms with Gasteiger partial charge in [0.05, 0.1) is 11.6 Å². The number of anilines is 1. The Labute approximate surface area is 82.3 Å². The summed E-state index contributed by atoms with van der Waals surface area (Å²) in [5.74, 6) is 1.64. The van der Waals surface area contributed by atoms with Gasteiger partial charge in [0.1, 0.15) is 5.82 Å². The van der Waals surface area contributed by atoms with Crippen molar-refractivity contribution in [3.8, 4) is 0 Å². The lowest BCUT2D eigenvalue weighted by atomic mass is 10.3. The monoisotopic (exact) mass is 200 g/mol. The maximum Gasteiger partial charge on any atom is 0.144 e. The van der Waals surface area contributed by atoms with Gasteiger partial charge in [0.15, 0.2) is 0 Å². The average Bonchev–Trinajstić information content (AvgIpc) is 2.88. The molecule has 5 heteroatoms. The molecule has 1 aromatic rings. The highest BCUT2D eigenvalue weighted by atomic mass is 35.5. The molecule has 0 radical (unpaired) electrons. The summed E-state index contributed by atoms with van der Waals surface area (Å²) in [6.07, 6.45) is 4.26. The molecule has 4 nitrogen and oxygen atoms in total. The van der Waals surface area contributed by atoms with Gasteiger partial charge in [-0.05, 0) is 18.8 Å². The number of nitrogens with one attached hydrogen (secondary N) is 1. The smallest absolute Gasteiger partial charge is 0.144 e. The standard InChI is InChI=1S/C8H13ClN4/c1-13-8(5-11-12-13)10-4-7(9)6-2-3-6/h5-7,10H,2-4H2,1H3. The number of aryl methyl sites for hydroxylation is 1. The predicted molar refractivity (Wildman–Crippen MR) is 51.9 cm³/mol. The highest BCUT2D eigenvalue weighted by Crippen LogP contribution is 2.35. The van der Waals surface area contributed by atoms with Gasteiger partial charge in [-0.2, -0.15) is 0 Å². The number of halogens is 1. The summed E-state index contributed by atoms with van der Waals surface area (Å²) in [4.78, 5) is 0. The Morgan fingerprint density at radius 1 is 1.77 bits per heavy atom. The summed E-state index contributed by atoms with van der Waals surface area (Å²) in [5.41, 5.74) is 0.